The van der Waals surface area contributed by atoms with E-state index in [-0.39, 0.29) is 35.5 Å². The molecule has 13 nitrogen and oxygen atoms in total. The van der Waals surface area contributed by atoms with Gasteiger partial charge in [-0.2, -0.15) is 5.48 Å². The van der Waals surface area contributed by atoms with Crippen LogP contribution in [0.4, 0.5) is 4.79 Å². The smallest absolute Gasteiger partial charge is 0.431 e. The third-order valence-electron chi connectivity index (χ3n) is 5.79. The summed E-state index contributed by atoms with van der Waals surface area (Å²) in [6.45, 7) is 8.31. The molecule has 37 heavy (non-hydrogen) atoms. The highest BCUT2D eigenvalue weighted by Gasteiger charge is 2.53. The lowest BCUT2D eigenvalue weighted by Gasteiger charge is -2.47. The zero-order chi connectivity index (χ0) is 27.5. The van der Waals surface area contributed by atoms with Crippen molar-refractivity contribution >= 4 is 23.0 Å². The van der Waals surface area contributed by atoms with Crippen LogP contribution in [0.5, 0.6) is 11.5 Å². The molecule has 0 aliphatic carbocycles. The number of esters is 1. The number of carbonyl (C=O) groups is 2. The number of amides is 1. The second kappa shape index (κ2) is 11.3. The molecule has 0 unspecified atom stereocenters. The SMILES string of the molecule is CCONC(=O)O[C@H]1[C@@H](O)[C@H](Oc2ccc3c(O)c(C(=O)OCC)c(=O)oc3c2C)OC(C)(C)[C@@H]1OC. The fourth-order valence-electron chi connectivity index (χ4n) is 4.09. The van der Waals surface area contributed by atoms with Gasteiger partial charge in [-0.25, -0.2) is 14.4 Å². The molecule has 0 bridgehead atoms. The standard InChI is InChI=1S/C24H31NO12/c1-7-32-20(28)14-15(26)12-9-10-13(11(3)17(12)35-21(14)29)34-22-16(27)18(36-23(30)25-33-8-2)19(31-6)24(4,5)37-22/h9-10,16,18-19,22,26-27H,7-8H2,1-6H3,(H,25,30)/t16-,18+,19-,22-/m1/s1. The summed E-state index contributed by atoms with van der Waals surface area (Å²) >= 11 is 0. The average molecular weight is 526 g/mol. The van der Waals surface area contributed by atoms with Crippen LogP contribution < -0.4 is 15.8 Å². The number of nitrogens with one attached hydrogen (secondary N) is 1. The molecule has 13 heteroatoms. The number of benzene rings is 1. The minimum absolute atomic E-state index is 0.00352. The molecule has 2 heterocycles. The van der Waals surface area contributed by atoms with Crippen LogP contribution in [-0.4, -0.2) is 72.8 Å². The van der Waals surface area contributed by atoms with Gasteiger partial charge in [-0.1, -0.05) is 0 Å². The molecule has 1 aromatic heterocycles. The second-order valence-electron chi connectivity index (χ2n) is 8.66. The van der Waals surface area contributed by atoms with Crippen molar-refractivity contribution in [2.45, 2.75) is 64.8 Å². The summed E-state index contributed by atoms with van der Waals surface area (Å²) in [4.78, 5) is 41.5. The first-order valence-corrected chi connectivity index (χ1v) is 11.6. The van der Waals surface area contributed by atoms with E-state index in [2.05, 4.69) is 5.48 Å². The van der Waals surface area contributed by atoms with Crippen LogP contribution in [0.1, 0.15) is 43.6 Å². The minimum Gasteiger partial charge on any atom is -0.506 e. The summed E-state index contributed by atoms with van der Waals surface area (Å²) in [5.74, 6) is -1.47. The summed E-state index contributed by atoms with van der Waals surface area (Å²) in [6, 6.07) is 2.82. The van der Waals surface area contributed by atoms with Gasteiger partial charge in [0.1, 0.15) is 23.2 Å². The third-order valence-corrected chi connectivity index (χ3v) is 5.79. The van der Waals surface area contributed by atoms with E-state index in [1.54, 1.807) is 34.6 Å². The number of aliphatic hydroxyl groups is 1. The molecular formula is C24H31NO12. The van der Waals surface area contributed by atoms with Gasteiger partial charge in [0.2, 0.25) is 6.29 Å². The molecule has 1 saturated heterocycles. The van der Waals surface area contributed by atoms with Crippen LogP contribution >= 0.6 is 0 Å². The Hall–Kier alpha value is -3.39. The van der Waals surface area contributed by atoms with Crippen molar-refractivity contribution in [1.82, 2.24) is 5.48 Å². The Morgan fingerprint density at radius 3 is 2.51 bits per heavy atom. The lowest BCUT2D eigenvalue weighted by Crippen LogP contribution is -2.65. The molecule has 0 spiro atoms. The zero-order valence-electron chi connectivity index (χ0n) is 21.4. The van der Waals surface area contributed by atoms with Gasteiger partial charge in [0, 0.05) is 12.7 Å². The van der Waals surface area contributed by atoms with E-state index in [0.717, 1.165) is 0 Å². The minimum atomic E-state index is -1.51. The van der Waals surface area contributed by atoms with Crippen molar-refractivity contribution < 1.29 is 52.7 Å². The number of aromatic hydroxyl groups is 1. The summed E-state index contributed by atoms with van der Waals surface area (Å²) < 4.78 is 32.8. The van der Waals surface area contributed by atoms with Crippen molar-refractivity contribution in [1.29, 1.82) is 0 Å². The van der Waals surface area contributed by atoms with Crippen molar-refractivity contribution in [3.63, 3.8) is 0 Å². The largest absolute Gasteiger partial charge is 0.506 e. The van der Waals surface area contributed by atoms with Gasteiger partial charge in [-0.05, 0) is 46.8 Å². The maximum absolute atomic E-state index is 12.4. The van der Waals surface area contributed by atoms with Crippen LogP contribution in [0.2, 0.25) is 0 Å². The summed E-state index contributed by atoms with van der Waals surface area (Å²) in [7, 11) is 1.38. The first-order valence-electron chi connectivity index (χ1n) is 11.6. The van der Waals surface area contributed by atoms with Crippen molar-refractivity contribution in [3.05, 3.63) is 33.7 Å². The fourth-order valence-corrected chi connectivity index (χ4v) is 4.09. The molecule has 1 aromatic carbocycles. The Kier molecular flexibility index (Phi) is 8.64. The number of carbonyl (C=O) groups excluding carboxylic acids is 2. The summed E-state index contributed by atoms with van der Waals surface area (Å²) in [5.41, 5.74) is -0.475. The quantitative estimate of drug-likeness (QED) is 0.260. The molecule has 3 N–H and O–H groups in total. The number of rotatable bonds is 8. The zero-order valence-corrected chi connectivity index (χ0v) is 21.4. The molecule has 4 atom stereocenters. The highest BCUT2D eigenvalue weighted by Crippen LogP contribution is 2.37. The number of methoxy groups -OCH3 is 1. The number of aryl methyl sites for hydroxylation is 1. The van der Waals surface area contributed by atoms with E-state index in [1.165, 1.54) is 19.2 Å². The number of fused-ring (bicyclic) bond motifs is 1. The van der Waals surface area contributed by atoms with Gasteiger partial charge in [0.05, 0.1) is 24.2 Å². The average Bonchev–Trinajstić information content (AvgIpc) is 2.83. The third kappa shape index (κ3) is 5.64. The maximum Gasteiger partial charge on any atom is 0.431 e. The van der Waals surface area contributed by atoms with Crippen molar-refractivity contribution in [3.8, 4) is 11.5 Å². The predicted molar refractivity (Wildman–Crippen MR) is 126 cm³/mol. The molecule has 0 radical (unpaired) electrons. The molecule has 3 rings (SSSR count). The number of aliphatic hydroxyl groups excluding tert-OH is 1. The van der Waals surface area contributed by atoms with Crippen LogP contribution in [0, 0.1) is 6.92 Å². The lowest BCUT2D eigenvalue weighted by molar-refractivity contribution is -0.305. The van der Waals surface area contributed by atoms with Gasteiger partial charge in [-0.3, -0.25) is 4.84 Å². The summed E-state index contributed by atoms with van der Waals surface area (Å²) in [6.07, 6.45) is -5.88. The Balaban J connectivity index is 1.95. The maximum atomic E-state index is 12.4. The van der Waals surface area contributed by atoms with E-state index in [9.17, 15) is 24.6 Å². The number of hydrogen-bond donors (Lipinski definition) is 3. The summed E-state index contributed by atoms with van der Waals surface area (Å²) in [5, 5.41) is 21.6. The number of hydroxylamine groups is 1. The van der Waals surface area contributed by atoms with Gasteiger partial charge in [-0.15, -0.1) is 0 Å². The molecule has 1 amide bonds. The van der Waals surface area contributed by atoms with Crippen molar-refractivity contribution in [2.24, 2.45) is 0 Å². The molecule has 0 saturated carbocycles. The Labute approximate surface area is 212 Å². The van der Waals surface area contributed by atoms with E-state index >= 15 is 0 Å². The Morgan fingerprint density at radius 2 is 1.89 bits per heavy atom. The normalized spacial score (nSPS) is 22.9. The molecule has 1 fully saturated rings. The highest BCUT2D eigenvalue weighted by atomic mass is 16.7. The van der Waals surface area contributed by atoms with Gasteiger partial charge < -0.3 is 38.3 Å². The van der Waals surface area contributed by atoms with Crippen LogP contribution in [-0.2, 0) is 23.8 Å². The second-order valence-corrected chi connectivity index (χ2v) is 8.66. The predicted octanol–water partition coefficient (Wildman–Crippen LogP) is 1.92. The van der Waals surface area contributed by atoms with Crippen molar-refractivity contribution in [2.75, 3.05) is 20.3 Å². The molecule has 1 aliphatic rings. The molecular weight excluding hydrogens is 494 g/mol. The molecule has 1 aliphatic heterocycles. The monoisotopic (exact) mass is 525 g/mol. The molecule has 2 aromatic rings. The van der Waals surface area contributed by atoms with E-state index in [0.29, 0.717) is 0 Å². The lowest BCUT2D eigenvalue weighted by atomic mass is 9.89. The van der Waals surface area contributed by atoms with Crippen LogP contribution in [0.3, 0.4) is 0 Å². The van der Waals surface area contributed by atoms with E-state index in [1.807, 2.05) is 0 Å². The van der Waals surface area contributed by atoms with E-state index in [4.69, 9.17) is 32.9 Å². The van der Waals surface area contributed by atoms with Crippen LogP contribution in [0.15, 0.2) is 21.3 Å². The highest BCUT2D eigenvalue weighted by molar-refractivity contribution is 5.99. The first kappa shape index (κ1) is 28.2. The Bertz CT molecular complexity index is 1210. The topological polar surface area (TPSA) is 172 Å². The van der Waals surface area contributed by atoms with Gasteiger partial charge >= 0.3 is 17.7 Å². The number of ether oxygens (including phenoxy) is 5. The Morgan fingerprint density at radius 1 is 1.19 bits per heavy atom. The first-order chi connectivity index (χ1) is 17.5. The molecule has 204 valence electrons. The van der Waals surface area contributed by atoms with Gasteiger partial charge in [0.15, 0.2) is 17.8 Å². The van der Waals surface area contributed by atoms with E-state index < -0.39 is 59.2 Å². The van der Waals surface area contributed by atoms with Crippen LogP contribution in [0.25, 0.3) is 11.0 Å². The number of hydrogen-bond acceptors (Lipinski definition) is 12. The van der Waals surface area contributed by atoms with Gasteiger partial charge in [0.25, 0.3) is 0 Å². The fraction of sp³-hybridized carbons (Fsp3) is 0.542.